The standard InChI is InChI=1S/C11H24N2O4S2/c1-18(14,15)10-19(16,17)13-9-8-12-11-6-4-2-3-5-7-11/h11-13H,2-10H2,1H3. The minimum Gasteiger partial charge on any atom is -0.313 e. The Hall–Kier alpha value is -0.180. The van der Waals surface area contributed by atoms with Crippen molar-refractivity contribution in [1.82, 2.24) is 10.0 Å². The average Bonchev–Trinajstić information content (AvgIpc) is 2.49. The number of rotatable bonds is 7. The summed E-state index contributed by atoms with van der Waals surface area (Å²) in [5.74, 6) is 0. The smallest absolute Gasteiger partial charge is 0.226 e. The molecule has 0 aromatic rings. The van der Waals surface area contributed by atoms with E-state index in [9.17, 15) is 16.8 Å². The first-order valence-corrected chi connectivity index (χ1v) is 10.4. The molecule has 0 spiro atoms. The highest BCUT2D eigenvalue weighted by molar-refractivity contribution is 8.06. The largest absolute Gasteiger partial charge is 0.313 e. The van der Waals surface area contributed by atoms with E-state index >= 15 is 0 Å². The van der Waals surface area contributed by atoms with Gasteiger partial charge in [0.25, 0.3) is 0 Å². The maximum absolute atomic E-state index is 11.4. The molecule has 19 heavy (non-hydrogen) atoms. The molecular formula is C11H24N2O4S2. The van der Waals surface area contributed by atoms with Gasteiger partial charge in [0, 0.05) is 25.4 Å². The molecule has 1 aliphatic carbocycles. The van der Waals surface area contributed by atoms with Gasteiger partial charge in [-0.05, 0) is 12.8 Å². The van der Waals surface area contributed by atoms with Gasteiger partial charge in [-0.15, -0.1) is 0 Å². The van der Waals surface area contributed by atoms with E-state index in [4.69, 9.17) is 0 Å². The van der Waals surface area contributed by atoms with Gasteiger partial charge in [0.1, 0.15) is 0 Å². The predicted molar refractivity (Wildman–Crippen MR) is 76.1 cm³/mol. The van der Waals surface area contributed by atoms with Crippen LogP contribution in [0.5, 0.6) is 0 Å². The van der Waals surface area contributed by atoms with Gasteiger partial charge in [-0.2, -0.15) is 0 Å². The first kappa shape index (κ1) is 16.9. The molecule has 0 heterocycles. The molecule has 8 heteroatoms. The maximum Gasteiger partial charge on any atom is 0.226 e. The molecule has 0 saturated heterocycles. The Bertz CT molecular complexity index is 451. The van der Waals surface area contributed by atoms with E-state index in [0.717, 1.165) is 19.1 Å². The topological polar surface area (TPSA) is 92.3 Å². The zero-order chi connectivity index (χ0) is 14.4. The van der Waals surface area contributed by atoms with Crippen LogP contribution in [-0.4, -0.2) is 47.3 Å². The maximum atomic E-state index is 11.4. The molecule has 0 aromatic carbocycles. The van der Waals surface area contributed by atoms with Crippen molar-refractivity contribution in [3.8, 4) is 0 Å². The molecule has 0 bridgehead atoms. The van der Waals surface area contributed by atoms with Crippen LogP contribution >= 0.6 is 0 Å². The molecule has 1 fully saturated rings. The second-order valence-corrected chi connectivity index (χ2v) is 9.51. The van der Waals surface area contributed by atoms with Crippen LogP contribution in [0.25, 0.3) is 0 Å². The molecule has 0 amide bonds. The minimum absolute atomic E-state index is 0.231. The second kappa shape index (κ2) is 7.56. The molecule has 114 valence electrons. The van der Waals surface area contributed by atoms with Crippen LogP contribution in [0.15, 0.2) is 0 Å². The van der Waals surface area contributed by atoms with Crippen molar-refractivity contribution in [3.05, 3.63) is 0 Å². The molecule has 6 nitrogen and oxygen atoms in total. The first-order valence-electron chi connectivity index (χ1n) is 6.67. The molecule has 1 saturated carbocycles. The third kappa shape index (κ3) is 8.56. The lowest BCUT2D eigenvalue weighted by Gasteiger charge is -2.16. The van der Waals surface area contributed by atoms with Crippen molar-refractivity contribution in [2.24, 2.45) is 0 Å². The average molecular weight is 312 g/mol. The van der Waals surface area contributed by atoms with E-state index in [2.05, 4.69) is 10.0 Å². The fourth-order valence-corrected chi connectivity index (χ4v) is 5.29. The Morgan fingerprint density at radius 1 is 0.947 bits per heavy atom. The van der Waals surface area contributed by atoms with Crippen molar-refractivity contribution in [1.29, 1.82) is 0 Å². The Morgan fingerprint density at radius 2 is 1.53 bits per heavy atom. The Balaban J connectivity index is 2.22. The lowest BCUT2D eigenvalue weighted by atomic mass is 10.1. The summed E-state index contributed by atoms with van der Waals surface area (Å²) in [5, 5.41) is 2.48. The number of sulfonamides is 1. The van der Waals surface area contributed by atoms with Gasteiger partial charge in [0.2, 0.25) is 10.0 Å². The summed E-state index contributed by atoms with van der Waals surface area (Å²) >= 11 is 0. The van der Waals surface area contributed by atoms with E-state index in [1.807, 2.05) is 0 Å². The number of hydrogen-bond donors (Lipinski definition) is 2. The molecule has 1 aliphatic rings. The third-order valence-electron chi connectivity index (χ3n) is 3.10. The fourth-order valence-electron chi connectivity index (χ4n) is 2.29. The monoisotopic (exact) mass is 312 g/mol. The Morgan fingerprint density at radius 3 is 2.05 bits per heavy atom. The van der Waals surface area contributed by atoms with Gasteiger partial charge in [-0.1, -0.05) is 25.7 Å². The van der Waals surface area contributed by atoms with E-state index in [1.165, 1.54) is 25.7 Å². The zero-order valence-electron chi connectivity index (χ0n) is 11.4. The normalized spacial score (nSPS) is 19.2. The molecule has 2 N–H and O–H groups in total. The highest BCUT2D eigenvalue weighted by Crippen LogP contribution is 2.16. The van der Waals surface area contributed by atoms with Crippen molar-refractivity contribution < 1.29 is 16.8 Å². The molecular weight excluding hydrogens is 288 g/mol. The SMILES string of the molecule is CS(=O)(=O)CS(=O)(=O)NCCNC1CCCCCC1. The summed E-state index contributed by atoms with van der Waals surface area (Å²) in [6.45, 7) is 0.766. The summed E-state index contributed by atoms with van der Waals surface area (Å²) < 4.78 is 47.0. The Labute approximate surface area is 116 Å². The van der Waals surface area contributed by atoms with Crippen LogP contribution in [0, 0.1) is 0 Å². The highest BCUT2D eigenvalue weighted by Gasteiger charge is 2.17. The van der Waals surface area contributed by atoms with Crippen LogP contribution in [0.4, 0.5) is 0 Å². The van der Waals surface area contributed by atoms with E-state index in [1.54, 1.807) is 0 Å². The van der Waals surface area contributed by atoms with Gasteiger partial charge in [0.15, 0.2) is 14.9 Å². The van der Waals surface area contributed by atoms with Crippen LogP contribution in [0.3, 0.4) is 0 Å². The third-order valence-corrected chi connectivity index (χ3v) is 6.70. The molecule has 0 aliphatic heterocycles. The van der Waals surface area contributed by atoms with Gasteiger partial charge < -0.3 is 5.32 Å². The quantitative estimate of drug-likeness (QED) is 0.518. The van der Waals surface area contributed by atoms with Crippen molar-refractivity contribution >= 4 is 19.9 Å². The van der Waals surface area contributed by atoms with Crippen LogP contribution in [0.2, 0.25) is 0 Å². The zero-order valence-corrected chi connectivity index (χ0v) is 13.0. The van der Waals surface area contributed by atoms with E-state index in [-0.39, 0.29) is 6.54 Å². The van der Waals surface area contributed by atoms with Gasteiger partial charge in [-0.3, -0.25) is 0 Å². The van der Waals surface area contributed by atoms with Gasteiger partial charge >= 0.3 is 0 Å². The summed E-state index contributed by atoms with van der Waals surface area (Å²) in [4.78, 5) is 0. The first-order chi connectivity index (χ1) is 8.79. The summed E-state index contributed by atoms with van der Waals surface area (Å²) in [5.41, 5.74) is 0. The van der Waals surface area contributed by atoms with Crippen molar-refractivity contribution in [2.45, 2.75) is 44.6 Å². The fraction of sp³-hybridized carbons (Fsp3) is 1.00. The van der Waals surface area contributed by atoms with E-state index < -0.39 is 24.9 Å². The van der Waals surface area contributed by atoms with Gasteiger partial charge in [-0.25, -0.2) is 21.6 Å². The second-order valence-electron chi connectivity index (χ2n) is 5.20. The summed E-state index contributed by atoms with van der Waals surface area (Å²) in [7, 11) is -7.24. The highest BCUT2D eigenvalue weighted by atomic mass is 32.3. The van der Waals surface area contributed by atoms with Gasteiger partial charge in [0.05, 0.1) is 0 Å². The minimum atomic E-state index is -3.73. The predicted octanol–water partition coefficient (Wildman–Crippen LogP) is 0.220. The molecule has 0 atom stereocenters. The van der Waals surface area contributed by atoms with Crippen LogP contribution in [0.1, 0.15) is 38.5 Å². The van der Waals surface area contributed by atoms with E-state index in [0.29, 0.717) is 12.6 Å². The molecule has 0 radical (unpaired) electrons. The van der Waals surface area contributed by atoms with Crippen molar-refractivity contribution in [2.75, 3.05) is 24.4 Å². The number of nitrogens with one attached hydrogen (secondary N) is 2. The molecule has 0 unspecified atom stereocenters. The lowest BCUT2D eigenvalue weighted by molar-refractivity contribution is 0.461. The lowest BCUT2D eigenvalue weighted by Crippen LogP contribution is -2.38. The van der Waals surface area contributed by atoms with Crippen LogP contribution < -0.4 is 10.0 Å². The Kier molecular flexibility index (Phi) is 6.72. The summed E-state index contributed by atoms with van der Waals surface area (Å²) in [6.07, 6.45) is 8.18. The summed E-state index contributed by atoms with van der Waals surface area (Å²) in [6, 6.07) is 0.460. The molecule has 1 rings (SSSR count). The number of sulfone groups is 1. The number of hydrogen-bond acceptors (Lipinski definition) is 5. The van der Waals surface area contributed by atoms with Crippen LogP contribution in [-0.2, 0) is 19.9 Å². The van der Waals surface area contributed by atoms with Crippen molar-refractivity contribution in [3.63, 3.8) is 0 Å². The molecule has 0 aromatic heterocycles.